The highest BCUT2D eigenvalue weighted by molar-refractivity contribution is 7.92. The number of thiophene rings is 1. The van der Waals surface area contributed by atoms with Gasteiger partial charge >= 0.3 is 12.2 Å². The maximum absolute atomic E-state index is 12.4. The number of anilines is 3. The van der Waals surface area contributed by atoms with Crippen LogP contribution in [0.1, 0.15) is 17.4 Å². The molecule has 4 N–H and O–H groups in total. The molecule has 1 aromatic carbocycles. The number of rotatable bonds is 6. The number of hydrogen-bond donors (Lipinski definition) is 4. The molecule has 0 aliphatic carbocycles. The van der Waals surface area contributed by atoms with Crippen LogP contribution in [0.15, 0.2) is 59.1 Å². The van der Waals surface area contributed by atoms with Crippen LogP contribution in [0.4, 0.5) is 35.2 Å². The minimum absolute atomic E-state index is 0.120. The monoisotopic (exact) mass is 559 g/mol. The molecule has 3 heterocycles. The maximum Gasteiger partial charge on any atom is 0.405 e. The molecular formula is C21H17ClF3N5O4S2. The lowest BCUT2D eigenvalue weighted by molar-refractivity contribution is -0.115. The lowest BCUT2D eigenvalue weighted by atomic mass is 10.0. The summed E-state index contributed by atoms with van der Waals surface area (Å²) in [6, 6.07) is 9.05. The van der Waals surface area contributed by atoms with E-state index < -0.39 is 35.0 Å². The molecule has 0 radical (unpaired) electrons. The molecule has 2 aromatic heterocycles. The van der Waals surface area contributed by atoms with E-state index in [9.17, 15) is 31.5 Å². The highest BCUT2D eigenvalue weighted by atomic mass is 35.5. The van der Waals surface area contributed by atoms with Crippen molar-refractivity contribution in [3.8, 4) is 0 Å². The van der Waals surface area contributed by atoms with E-state index in [0.717, 1.165) is 11.3 Å². The maximum atomic E-state index is 12.4. The van der Waals surface area contributed by atoms with Crippen molar-refractivity contribution in [1.29, 1.82) is 0 Å². The second kappa shape index (κ2) is 9.97. The van der Waals surface area contributed by atoms with Crippen LogP contribution in [0, 0.1) is 0 Å². The number of fused-ring (bicyclic) bond motifs is 1. The van der Waals surface area contributed by atoms with Gasteiger partial charge in [0.1, 0.15) is 16.6 Å². The summed E-state index contributed by atoms with van der Waals surface area (Å²) in [5.74, 6) is 0.301. The van der Waals surface area contributed by atoms with Crippen LogP contribution >= 0.6 is 22.9 Å². The number of nitrogens with zero attached hydrogens (tertiary/aromatic N) is 2. The van der Waals surface area contributed by atoms with Crippen molar-refractivity contribution in [3.05, 3.63) is 70.3 Å². The van der Waals surface area contributed by atoms with Gasteiger partial charge in [0.25, 0.3) is 10.0 Å². The Bertz CT molecular complexity index is 1410. The van der Waals surface area contributed by atoms with E-state index in [1.165, 1.54) is 59.8 Å². The molecule has 0 saturated heterocycles. The summed E-state index contributed by atoms with van der Waals surface area (Å²) < 4.78 is 63.7. The van der Waals surface area contributed by atoms with Crippen LogP contribution in [0.3, 0.4) is 0 Å². The molecule has 15 heteroatoms. The summed E-state index contributed by atoms with van der Waals surface area (Å²) in [6.45, 7) is -1.18. The summed E-state index contributed by atoms with van der Waals surface area (Å²) in [4.78, 5) is 17.7. The van der Waals surface area contributed by atoms with Crippen molar-refractivity contribution >= 4 is 62.3 Å². The number of aliphatic hydroxyl groups excluding tert-OH is 1. The third kappa shape index (κ3) is 6.07. The van der Waals surface area contributed by atoms with Gasteiger partial charge in [0.2, 0.25) is 0 Å². The molecule has 190 valence electrons. The third-order valence-corrected chi connectivity index (χ3v) is 7.90. The Morgan fingerprint density at radius 1 is 1.17 bits per heavy atom. The number of sulfonamides is 1. The Balaban J connectivity index is 1.41. The van der Waals surface area contributed by atoms with E-state index in [1.807, 2.05) is 4.72 Å². The standard InChI is InChI=1S/C21H17ClF3N5O4S2/c22-16-4-6-18(35-16)36(33,34)29-20(32)28-14-2-5-17(26-10-14)30-8-7-12-9-13(27-11-21(23,24)25)1-3-15(12)19(30)31/h1-10,19,27,31H,11H2,(H2,28,29,32). The highest BCUT2D eigenvalue weighted by Gasteiger charge is 2.27. The van der Waals surface area contributed by atoms with E-state index in [4.69, 9.17) is 11.6 Å². The van der Waals surface area contributed by atoms with Crippen molar-refractivity contribution in [1.82, 2.24) is 9.71 Å². The molecule has 0 bridgehead atoms. The average molecular weight is 560 g/mol. The SMILES string of the molecule is O=C(Nc1ccc(N2C=Cc3cc(NCC(F)(F)F)ccc3C2O)nc1)NS(=O)(=O)c1ccc(Cl)s1. The fourth-order valence-corrected chi connectivity index (χ4v) is 5.63. The van der Waals surface area contributed by atoms with Crippen LogP contribution in [-0.2, 0) is 10.0 Å². The topological polar surface area (TPSA) is 124 Å². The number of pyridine rings is 1. The number of urea groups is 1. The zero-order valence-electron chi connectivity index (χ0n) is 18.0. The zero-order valence-corrected chi connectivity index (χ0v) is 20.3. The molecule has 1 aliphatic rings. The van der Waals surface area contributed by atoms with Gasteiger partial charge in [-0.05, 0) is 48.0 Å². The van der Waals surface area contributed by atoms with Crippen molar-refractivity contribution in [3.63, 3.8) is 0 Å². The van der Waals surface area contributed by atoms with Gasteiger partial charge in [-0.25, -0.2) is 22.9 Å². The van der Waals surface area contributed by atoms with Crippen LogP contribution in [0.25, 0.3) is 6.08 Å². The number of amides is 2. The molecule has 0 fully saturated rings. The molecule has 0 spiro atoms. The molecule has 9 nitrogen and oxygen atoms in total. The van der Waals surface area contributed by atoms with E-state index in [-0.39, 0.29) is 19.9 Å². The first kappa shape index (κ1) is 25.8. The van der Waals surface area contributed by atoms with Gasteiger partial charge in [-0.1, -0.05) is 17.7 Å². The number of halogens is 4. The van der Waals surface area contributed by atoms with E-state index in [1.54, 1.807) is 6.08 Å². The minimum atomic E-state index is -4.36. The summed E-state index contributed by atoms with van der Waals surface area (Å²) in [5.41, 5.74) is 1.44. The molecule has 1 unspecified atom stereocenters. The van der Waals surface area contributed by atoms with Crippen LogP contribution in [0.5, 0.6) is 0 Å². The first-order valence-corrected chi connectivity index (χ1v) is 12.7. The molecule has 4 rings (SSSR count). The molecule has 1 atom stereocenters. The number of aliphatic hydroxyl groups is 1. The van der Waals surface area contributed by atoms with Gasteiger partial charge in [-0.3, -0.25) is 0 Å². The lowest BCUT2D eigenvalue weighted by Crippen LogP contribution is -2.34. The Labute approximate surface area is 212 Å². The number of carbonyl (C=O) groups excluding carboxylic acids is 1. The minimum Gasteiger partial charge on any atom is -0.376 e. The molecular weight excluding hydrogens is 543 g/mol. The summed E-state index contributed by atoms with van der Waals surface area (Å²) in [6.07, 6.45) is -1.13. The van der Waals surface area contributed by atoms with Crippen LogP contribution in [-0.4, -0.2) is 37.3 Å². The second-order valence-corrected chi connectivity index (χ2v) is 11.1. The Kier molecular flexibility index (Phi) is 7.13. The molecule has 2 amide bonds. The fraction of sp³-hybridized carbons (Fsp3) is 0.143. The Hall–Kier alpha value is -3.33. The second-order valence-electron chi connectivity index (χ2n) is 7.43. The normalized spacial score (nSPS) is 15.4. The van der Waals surface area contributed by atoms with Crippen molar-refractivity contribution in [2.24, 2.45) is 0 Å². The fourth-order valence-electron chi connectivity index (χ4n) is 3.24. The Morgan fingerprint density at radius 3 is 2.56 bits per heavy atom. The van der Waals surface area contributed by atoms with Crippen LogP contribution in [0.2, 0.25) is 4.34 Å². The number of hydrogen-bond acceptors (Lipinski definition) is 8. The smallest absolute Gasteiger partial charge is 0.376 e. The molecule has 0 saturated carbocycles. The molecule has 3 aromatic rings. The third-order valence-electron chi connectivity index (χ3n) is 4.85. The summed E-state index contributed by atoms with van der Waals surface area (Å²) in [7, 11) is -4.09. The number of aromatic nitrogens is 1. The zero-order chi connectivity index (χ0) is 26.1. The first-order valence-electron chi connectivity index (χ1n) is 10.1. The molecule has 36 heavy (non-hydrogen) atoms. The quantitative estimate of drug-likeness (QED) is 0.343. The number of benzene rings is 1. The summed E-state index contributed by atoms with van der Waals surface area (Å²) >= 11 is 6.53. The van der Waals surface area contributed by atoms with Crippen LogP contribution < -0.4 is 20.3 Å². The number of alkyl halides is 3. The first-order chi connectivity index (χ1) is 16.9. The Morgan fingerprint density at radius 2 is 1.92 bits per heavy atom. The van der Waals surface area contributed by atoms with Gasteiger partial charge in [-0.2, -0.15) is 13.2 Å². The van der Waals surface area contributed by atoms with E-state index in [0.29, 0.717) is 16.9 Å². The van der Waals surface area contributed by atoms with E-state index in [2.05, 4.69) is 15.6 Å². The largest absolute Gasteiger partial charge is 0.405 e. The van der Waals surface area contributed by atoms with Crippen molar-refractivity contribution in [2.75, 3.05) is 22.1 Å². The highest BCUT2D eigenvalue weighted by Crippen LogP contribution is 2.33. The number of carbonyl (C=O) groups is 1. The van der Waals surface area contributed by atoms with Gasteiger partial charge < -0.3 is 20.6 Å². The van der Waals surface area contributed by atoms with Crippen molar-refractivity contribution < 1.29 is 31.5 Å². The predicted molar refractivity (Wildman–Crippen MR) is 130 cm³/mol. The van der Waals surface area contributed by atoms with Crippen molar-refractivity contribution in [2.45, 2.75) is 16.6 Å². The summed E-state index contributed by atoms with van der Waals surface area (Å²) in [5, 5.41) is 15.4. The molecule has 1 aliphatic heterocycles. The number of nitrogens with one attached hydrogen (secondary N) is 3. The van der Waals surface area contributed by atoms with E-state index >= 15 is 0 Å². The van der Waals surface area contributed by atoms with Gasteiger partial charge in [-0.15, -0.1) is 11.3 Å². The van der Waals surface area contributed by atoms with Gasteiger partial charge in [0, 0.05) is 17.5 Å². The lowest BCUT2D eigenvalue weighted by Gasteiger charge is -2.30. The average Bonchev–Trinajstić information content (AvgIpc) is 3.25. The van der Waals surface area contributed by atoms with Gasteiger partial charge in [0.05, 0.1) is 16.2 Å². The predicted octanol–water partition coefficient (Wildman–Crippen LogP) is 4.76. The van der Waals surface area contributed by atoms with Gasteiger partial charge in [0.15, 0.2) is 6.23 Å².